The summed E-state index contributed by atoms with van der Waals surface area (Å²) in [6.45, 7) is 0. The quantitative estimate of drug-likeness (QED) is 0.259. The molecule has 1 aromatic rings. The van der Waals surface area contributed by atoms with Crippen molar-refractivity contribution in [2.45, 2.75) is 0 Å². The van der Waals surface area contributed by atoms with E-state index in [1.165, 1.54) is 0 Å². The Morgan fingerprint density at radius 1 is 1.18 bits per heavy atom. The van der Waals surface area contributed by atoms with E-state index in [0.29, 0.717) is 6.07 Å². The zero-order valence-corrected chi connectivity index (χ0v) is 10.4. The van der Waals surface area contributed by atoms with Crippen molar-refractivity contribution in [1.82, 2.24) is 0 Å². The van der Waals surface area contributed by atoms with E-state index in [2.05, 4.69) is 0 Å². The van der Waals surface area contributed by atoms with E-state index >= 15 is 0 Å². The minimum atomic E-state index is -4.54. The van der Waals surface area contributed by atoms with E-state index < -0.39 is 55.6 Å². The fourth-order valence-electron chi connectivity index (χ4n) is 0.976. The number of phenolic OH excluding ortho intramolecular Hbond substituents is 3. The van der Waals surface area contributed by atoms with Crippen molar-refractivity contribution in [2.24, 2.45) is 0 Å². The molecule has 0 aliphatic rings. The Morgan fingerprint density at radius 3 is 2.12 bits per heavy atom. The van der Waals surface area contributed by atoms with Gasteiger partial charge in [-0.15, -0.1) is 0 Å². The molecular weight excluding hydrogens is 323 g/mol. The molecule has 0 atom stereocenters. The van der Waals surface area contributed by atoms with Gasteiger partial charge in [0.25, 0.3) is 0 Å². The molecule has 94 valence electrons. The molecule has 0 radical (unpaired) electrons. The molecule has 0 saturated carbocycles. The van der Waals surface area contributed by atoms with Crippen LogP contribution in [0.25, 0.3) is 0 Å². The van der Waals surface area contributed by atoms with Crippen molar-refractivity contribution < 1.29 is 38.2 Å². The van der Waals surface area contributed by atoms with Gasteiger partial charge in [-0.25, -0.2) is 0 Å². The predicted molar refractivity (Wildman–Crippen MR) is 55.3 cm³/mol. The number of rotatable bonds is 3. The fraction of sp³-hybridized carbons (Fsp3) is 0. The summed E-state index contributed by atoms with van der Waals surface area (Å²) in [6.07, 6.45) is 0. The molecule has 0 aromatic heterocycles. The first-order valence-electron chi connectivity index (χ1n) is 3.81. The third-order valence-electron chi connectivity index (χ3n) is 1.63. The van der Waals surface area contributed by atoms with Crippen LogP contribution >= 0.6 is 0 Å². The normalized spacial score (nSPS) is 11.4. The number of aromatic carboxylic acids is 1. The number of carboxylic acid groups (broad SMARTS) is 1. The van der Waals surface area contributed by atoms with Crippen LogP contribution in [0.15, 0.2) is 6.07 Å². The molecule has 10 heteroatoms. The summed E-state index contributed by atoms with van der Waals surface area (Å²) in [5, 5.41) is 36.3. The molecule has 8 nitrogen and oxygen atoms in total. The summed E-state index contributed by atoms with van der Waals surface area (Å²) in [5.41, 5.74) is -0.713. The van der Waals surface area contributed by atoms with Crippen molar-refractivity contribution in [2.75, 3.05) is 0 Å². The van der Waals surface area contributed by atoms with E-state index in [9.17, 15) is 18.3 Å². The van der Waals surface area contributed by atoms with Crippen LogP contribution in [0, 0.1) is 0 Å². The molecular formula is C7H6O8SSe. The minimum absolute atomic E-state index is 0.583. The molecule has 0 amide bonds. The number of benzene rings is 1. The van der Waals surface area contributed by atoms with Gasteiger partial charge < -0.3 is 0 Å². The van der Waals surface area contributed by atoms with Crippen molar-refractivity contribution >= 4 is 32.8 Å². The van der Waals surface area contributed by atoms with Gasteiger partial charge in [-0.2, -0.15) is 0 Å². The number of carbonyl (C=O) groups is 1. The van der Waals surface area contributed by atoms with Gasteiger partial charge in [-0.3, -0.25) is 0 Å². The summed E-state index contributed by atoms with van der Waals surface area (Å²) in [6, 6.07) is 0.583. The van der Waals surface area contributed by atoms with Gasteiger partial charge in [0, 0.05) is 0 Å². The molecule has 0 spiro atoms. The van der Waals surface area contributed by atoms with Crippen molar-refractivity contribution in [1.29, 1.82) is 0 Å². The van der Waals surface area contributed by atoms with Gasteiger partial charge in [-0.05, 0) is 0 Å². The number of aromatic hydroxyl groups is 3. The Balaban J connectivity index is 3.55. The second kappa shape index (κ2) is 4.41. The van der Waals surface area contributed by atoms with E-state index in [1.807, 2.05) is 0 Å². The number of carboxylic acids is 1. The molecule has 0 saturated heterocycles. The molecule has 0 aliphatic heterocycles. The second-order valence-electron chi connectivity index (χ2n) is 2.79. The Kier molecular flexibility index (Phi) is 3.53. The van der Waals surface area contributed by atoms with Crippen LogP contribution in [0.3, 0.4) is 0 Å². The molecule has 0 bridgehead atoms. The van der Waals surface area contributed by atoms with Crippen LogP contribution in [0.4, 0.5) is 0 Å². The van der Waals surface area contributed by atoms with Crippen LogP contribution in [0.2, 0.25) is 0 Å². The van der Waals surface area contributed by atoms with Crippen LogP contribution < -0.4 is 4.46 Å². The Hall–Kier alpha value is -1.48. The Bertz CT molecular complexity index is 578. The third-order valence-corrected chi connectivity index (χ3v) is 5.25. The average molecular weight is 329 g/mol. The van der Waals surface area contributed by atoms with Crippen LogP contribution in [0.5, 0.6) is 17.2 Å². The molecule has 0 heterocycles. The molecule has 5 N–H and O–H groups in total. The molecule has 17 heavy (non-hydrogen) atoms. The van der Waals surface area contributed by atoms with E-state index in [-0.39, 0.29) is 0 Å². The van der Waals surface area contributed by atoms with Crippen molar-refractivity contribution in [3.05, 3.63) is 11.6 Å². The van der Waals surface area contributed by atoms with E-state index in [0.717, 1.165) is 0 Å². The molecule has 1 rings (SSSR count). The maximum absolute atomic E-state index is 10.8. The Labute approximate surface area is 100 Å². The summed E-state index contributed by atoms with van der Waals surface area (Å²) >= 11 is -1.82. The first kappa shape index (κ1) is 13.6. The average Bonchev–Trinajstić information content (AvgIpc) is 2.16. The summed E-state index contributed by atoms with van der Waals surface area (Å²) in [5.74, 6) is -4.65. The maximum atomic E-state index is 10.8. The van der Waals surface area contributed by atoms with Gasteiger partial charge >= 0.3 is 99.9 Å². The molecule has 0 unspecified atom stereocenters. The fourth-order valence-corrected chi connectivity index (χ4v) is 4.25. The van der Waals surface area contributed by atoms with Crippen molar-refractivity contribution in [3.63, 3.8) is 0 Å². The zero-order chi connectivity index (χ0) is 13.4. The van der Waals surface area contributed by atoms with E-state index in [1.54, 1.807) is 0 Å². The number of hydrogen-bond acceptors (Lipinski definition) is 6. The summed E-state index contributed by atoms with van der Waals surface area (Å²) in [7, 11) is -4.54. The van der Waals surface area contributed by atoms with Gasteiger partial charge in [0.15, 0.2) is 0 Å². The van der Waals surface area contributed by atoms with Gasteiger partial charge in [0.05, 0.1) is 0 Å². The first-order valence-corrected chi connectivity index (χ1v) is 8.13. The first-order chi connectivity index (χ1) is 7.63. The molecule has 1 aromatic carbocycles. The second-order valence-corrected chi connectivity index (χ2v) is 8.36. The summed E-state index contributed by atoms with van der Waals surface area (Å²) in [4.78, 5) is 10.8. The molecule has 0 aliphatic carbocycles. The van der Waals surface area contributed by atoms with Crippen LogP contribution in [0.1, 0.15) is 10.4 Å². The van der Waals surface area contributed by atoms with E-state index in [4.69, 9.17) is 19.9 Å². The zero-order valence-electron chi connectivity index (χ0n) is 7.85. The predicted octanol–water partition coefficient (Wildman–Crippen LogP) is -1.37. The van der Waals surface area contributed by atoms with Gasteiger partial charge in [0.2, 0.25) is 0 Å². The Morgan fingerprint density at radius 2 is 1.71 bits per heavy atom. The van der Waals surface area contributed by atoms with Gasteiger partial charge in [-0.1, -0.05) is 0 Å². The van der Waals surface area contributed by atoms with Gasteiger partial charge in [0.1, 0.15) is 0 Å². The topological polar surface area (TPSA) is 152 Å². The van der Waals surface area contributed by atoms with Crippen molar-refractivity contribution in [3.8, 4) is 17.2 Å². The number of phenols is 3. The monoisotopic (exact) mass is 330 g/mol. The SMILES string of the molecule is O=C(O)c1cc(O)c(O)c(O)c1[Se]S(=O)(=O)O. The molecule has 0 fully saturated rings. The van der Waals surface area contributed by atoms with Crippen LogP contribution in [-0.2, 0) is 8.54 Å². The number of hydrogen-bond donors (Lipinski definition) is 5. The standard InChI is InChI=1S/C7H6O8SSe/c8-3-1-2(7(11)12)6(5(10)4(3)9)17-16(13,14)15/h1,8-10H,(H,11,12)(H,13,14,15). The third kappa shape index (κ3) is 3.00. The van der Waals surface area contributed by atoms with Crippen LogP contribution in [-0.4, -0.2) is 53.2 Å². The summed E-state index contributed by atoms with van der Waals surface area (Å²) < 4.78 is 29.3.